The van der Waals surface area contributed by atoms with Crippen LogP contribution >= 0.6 is 11.8 Å². The summed E-state index contributed by atoms with van der Waals surface area (Å²) >= 11 is 1.77. The molecule has 112 valence electrons. The molecule has 1 aliphatic carbocycles. The summed E-state index contributed by atoms with van der Waals surface area (Å²) < 4.78 is 24.2. The number of nitrogens with one attached hydrogen (secondary N) is 1. The smallest absolute Gasteiger partial charge is 0.166 e. The highest BCUT2D eigenvalue weighted by atomic mass is 32.2. The molecule has 1 N–H and O–H groups in total. The van der Waals surface area contributed by atoms with Crippen LogP contribution in [0.25, 0.3) is 0 Å². The van der Waals surface area contributed by atoms with Gasteiger partial charge in [0.05, 0.1) is 0 Å². The van der Waals surface area contributed by atoms with E-state index in [1.54, 1.807) is 18.7 Å². The summed E-state index contributed by atoms with van der Waals surface area (Å²) in [6.45, 7) is 4.44. The molecule has 2 fully saturated rings. The number of thioether (sulfide) groups is 1. The molecule has 1 heterocycles. The molecule has 6 heteroatoms. The fourth-order valence-electron chi connectivity index (χ4n) is 2.94. The Kier molecular flexibility index (Phi) is 5.99. The highest BCUT2D eigenvalue weighted by Crippen LogP contribution is 2.21. The molecular formula is C13H26N2O2S2. The Hall–Kier alpha value is 0.220. The SMILES string of the molecule is CCS(=O)(=O)C1CSCCN1CCNC1CCCC1. The van der Waals surface area contributed by atoms with Gasteiger partial charge >= 0.3 is 0 Å². The lowest BCUT2D eigenvalue weighted by Crippen LogP contribution is -2.50. The molecule has 2 rings (SSSR count). The van der Waals surface area contributed by atoms with Crippen LogP contribution in [-0.2, 0) is 9.84 Å². The molecule has 1 saturated heterocycles. The second kappa shape index (κ2) is 7.29. The summed E-state index contributed by atoms with van der Waals surface area (Å²) in [5, 5.41) is 3.31. The Labute approximate surface area is 121 Å². The molecule has 4 nitrogen and oxygen atoms in total. The van der Waals surface area contributed by atoms with E-state index in [0.29, 0.717) is 6.04 Å². The molecule has 0 aromatic carbocycles. The molecular weight excluding hydrogens is 280 g/mol. The van der Waals surface area contributed by atoms with Crippen molar-refractivity contribution < 1.29 is 8.42 Å². The van der Waals surface area contributed by atoms with Gasteiger partial charge in [-0.1, -0.05) is 19.8 Å². The monoisotopic (exact) mass is 306 g/mol. The quantitative estimate of drug-likeness (QED) is 0.802. The molecule has 0 amide bonds. The maximum absolute atomic E-state index is 12.1. The third-order valence-corrected chi connectivity index (χ3v) is 7.53. The molecule has 1 saturated carbocycles. The first-order valence-corrected chi connectivity index (χ1v) is 10.3. The summed E-state index contributed by atoms with van der Waals surface area (Å²) in [5.74, 6) is 2.05. The predicted molar refractivity (Wildman–Crippen MR) is 82.4 cm³/mol. The number of sulfone groups is 1. The molecule has 1 atom stereocenters. The van der Waals surface area contributed by atoms with Crippen LogP contribution in [0.1, 0.15) is 32.6 Å². The summed E-state index contributed by atoms with van der Waals surface area (Å²) in [6.07, 6.45) is 5.24. The van der Waals surface area contributed by atoms with Crippen LogP contribution in [-0.4, -0.2) is 61.6 Å². The minimum atomic E-state index is -2.94. The van der Waals surface area contributed by atoms with Crippen LogP contribution in [0.2, 0.25) is 0 Å². The van der Waals surface area contributed by atoms with E-state index in [-0.39, 0.29) is 11.1 Å². The molecule has 1 aliphatic heterocycles. The average Bonchev–Trinajstić information content (AvgIpc) is 2.92. The number of nitrogens with zero attached hydrogens (tertiary/aromatic N) is 1. The standard InChI is InChI=1S/C13H26N2O2S2/c1-2-19(16,17)13-11-18-10-9-15(13)8-7-14-12-5-3-4-6-12/h12-14H,2-11H2,1H3. The highest BCUT2D eigenvalue weighted by molar-refractivity contribution is 8.01. The van der Waals surface area contributed by atoms with Gasteiger partial charge in [-0.3, -0.25) is 4.90 Å². The fraction of sp³-hybridized carbons (Fsp3) is 1.00. The number of hydrogen-bond donors (Lipinski definition) is 1. The zero-order chi connectivity index (χ0) is 13.7. The Morgan fingerprint density at radius 2 is 2.05 bits per heavy atom. The van der Waals surface area contributed by atoms with E-state index in [1.807, 2.05) is 0 Å². The summed E-state index contributed by atoms with van der Waals surface area (Å²) in [5.41, 5.74) is 0. The lowest BCUT2D eigenvalue weighted by molar-refractivity contribution is 0.265. The van der Waals surface area contributed by atoms with Gasteiger partial charge < -0.3 is 5.32 Å². The molecule has 0 spiro atoms. The molecule has 19 heavy (non-hydrogen) atoms. The van der Waals surface area contributed by atoms with Crippen molar-refractivity contribution in [1.29, 1.82) is 0 Å². The van der Waals surface area contributed by atoms with Crippen LogP contribution in [0.15, 0.2) is 0 Å². The topological polar surface area (TPSA) is 49.4 Å². The first-order chi connectivity index (χ1) is 9.13. The fourth-order valence-corrected chi connectivity index (χ4v) is 6.05. The van der Waals surface area contributed by atoms with Gasteiger partial charge in [-0.25, -0.2) is 8.42 Å². The van der Waals surface area contributed by atoms with Gasteiger partial charge in [-0.05, 0) is 12.8 Å². The van der Waals surface area contributed by atoms with Crippen molar-refractivity contribution >= 4 is 21.6 Å². The number of rotatable bonds is 6. The Balaban J connectivity index is 1.82. The van der Waals surface area contributed by atoms with Crippen LogP contribution in [0.3, 0.4) is 0 Å². The average molecular weight is 306 g/mol. The number of hydrogen-bond acceptors (Lipinski definition) is 5. The molecule has 0 aromatic heterocycles. The third kappa shape index (κ3) is 4.34. The largest absolute Gasteiger partial charge is 0.313 e. The molecule has 0 bridgehead atoms. The van der Waals surface area contributed by atoms with Crippen molar-refractivity contribution in [3.8, 4) is 0 Å². The van der Waals surface area contributed by atoms with Crippen molar-refractivity contribution in [2.24, 2.45) is 0 Å². The van der Waals surface area contributed by atoms with Crippen molar-refractivity contribution in [2.45, 2.75) is 44.0 Å². The maximum atomic E-state index is 12.1. The van der Waals surface area contributed by atoms with E-state index in [0.717, 1.165) is 31.1 Å². The van der Waals surface area contributed by atoms with E-state index >= 15 is 0 Å². The molecule has 1 unspecified atom stereocenters. The molecule has 0 aromatic rings. The zero-order valence-corrected chi connectivity index (χ0v) is 13.4. The summed E-state index contributed by atoms with van der Waals surface area (Å²) in [7, 11) is -2.94. The van der Waals surface area contributed by atoms with Crippen LogP contribution in [0.4, 0.5) is 0 Å². The van der Waals surface area contributed by atoms with Crippen LogP contribution in [0, 0.1) is 0 Å². The van der Waals surface area contributed by atoms with Gasteiger partial charge in [0.25, 0.3) is 0 Å². The van der Waals surface area contributed by atoms with Gasteiger partial charge in [-0.2, -0.15) is 11.8 Å². The van der Waals surface area contributed by atoms with Gasteiger partial charge in [0.2, 0.25) is 0 Å². The minimum Gasteiger partial charge on any atom is -0.313 e. The summed E-state index contributed by atoms with van der Waals surface area (Å²) in [4.78, 5) is 2.16. The molecule has 2 aliphatic rings. The van der Waals surface area contributed by atoms with Crippen molar-refractivity contribution in [2.75, 3.05) is 36.9 Å². The zero-order valence-electron chi connectivity index (χ0n) is 11.8. The van der Waals surface area contributed by atoms with Gasteiger partial charge in [0.1, 0.15) is 5.37 Å². The lowest BCUT2D eigenvalue weighted by atomic mass is 10.2. The van der Waals surface area contributed by atoms with Gasteiger partial charge in [-0.15, -0.1) is 0 Å². The van der Waals surface area contributed by atoms with Crippen molar-refractivity contribution in [3.63, 3.8) is 0 Å². The van der Waals surface area contributed by atoms with E-state index in [2.05, 4.69) is 10.2 Å². The second-order valence-corrected chi connectivity index (χ2v) is 9.05. The Morgan fingerprint density at radius 3 is 2.74 bits per heavy atom. The maximum Gasteiger partial charge on any atom is 0.166 e. The van der Waals surface area contributed by atoms with Gasteiger partial charge in [0, 0.05) is 42.9 Å². The van der Waals surface area contributed by atoms with E-state index in [4.69, 9.17) is 0 Å². The highest BCUT2D eigenvalue weighted by Gasteiger charge is 2.32. The Morgan fingerprint density at radius 1 is 1.32 bits per heavy atom. The second-order valence-electron chi connectivity index (χ2n) is 5.45. The van der Waals surface area contributed by atoms with E-state index in [1.165, 1.54) is 25.7 Å². The third-order valence-electron chi connectivity index (χ3n) is 4.19. The van der Waals surface area contributed by atoms with Crippen molar-refractivity contribution in [1.82, 2.24) is 10.2 Å². The minimum absolute atomic E-state index is 0.255. The molecule has 0 radical (unpaired) electrons. The van der Waals surface area contributed by atoms with Gasteiger partial charge in [0.15, 0.2) is 9.84 Å². The lowest BCUT2D eigenvalue weighted by Gasteiger charge is -2.34. The summed E-state index contributed by atoms with van der Waals surface area (Å²) in [6, 6.07) is 0.667. The predicted octanol–water partition coefficient (Wildman–Crippen LogP) is 1.33. The van der Waals surface area contributed by atoms with Crippen molar-refractivity contribution in [3.05, 3.63) is 0 Å². The van der Waals surface area contributed by atoms with E-state index in [9.17, 15) is 8.42 Å². The van der Waals surface area contributed by atoms with E-state index < -0.39 is 9.84 Å². The normalized spacial score (nSPS) is 26.9. The van der Waals surface area contributed by atoms with Crippen LogP contribution in [0.5, 0.6) is 0 Å². The van der Waals surface area contributed by atoms with Crippen LogP contribution < -0.4 is 5.32 Å². The first kappa shape index (κ1) is 15.6. The first-order valence-electron chi connectivity index (χ1n) is 7.40. The Bertz CT molecular complexity index is 367.